The summed E-state index contributed by atoms with van der Waals surface area (Å²) in [6, 6.07) is 2.18. The molecule has 19 heavy (non-hydrogen) atoms. The predicted octanol–water partition coefficient (Wildman–Crippen LogP) is 2.73. The molecule has 5 nitrogen and oxygen atoms in total. The van der Waals surface area contributed by atoms with E-state index in [0.29, 0.717) is 6.54 Å². The number of nitrogens with one attached hydrogen (secondary N) is 1. The van der Waals surface area contributed by atoms with Crippen LogP contribution in [0.25, 0.3) is 0 Å². The minimum Gasteiger partial charge on any atom is -0.374 e. The van der Waals surface area contributed by atoms with Crippen LogP contribution >= 0.6 is 11.5 Å². The molecule has 1 N–H and O–H groups in total. The Bertz CT molecular complexity index is 517. The molecular weight excluding hydrogens is 258 g/mol. The third-order valence-corrected chi connectivity index (χ3v) is 3.76. The molecule has 0 atom stereocenters. The van der Waals surface area contributed by atoms with Gasteiger partial charge in [0.25, 0.3) is 0 Å². The molecule has 0 saturated heterocycles. The van der Waals surface area contributed by atoms with Gasteiger partial charge in [-0.2, -0.15) is 5.10 Å². The average molecular weight is 279 g/mol. The van der Waals surface area contributed by atoms with Crippen molar-refractivity contribution in [1.82, 2.24) is 19.4 Å². The van der Waals surface area contributed by atoms with Crippen molar-refractivity contribution in [3.63, 3.8) is 0 Å². The van der Waals surface area contributed by atoms with Gasteiger partial charge >= 0.3 is 0 Å². The third-order valence-electron chi connectivity index (χ3n) is 3.03. The van der Waals surface area contributed by atoms with Gasteiger partial charge in [0.2, 0.25) is 0 Å². The van der Waals surface area contributed by atoms with E-state index in [1.165, 1.54) is 17.2 Å². The van der Waals surface area contributed by atoms with E-state index in [1.807, 2.05) is 4.68 Å². The van der Waals surface area contributed by atoms with Crippen LogP contribution in [0, 0.1) is 0 Å². The van der Waals surface area contributed by atoms with Crippen molar-refractivity contribution < 1.29 is 0 Å². The molecule has 0 saturated carbocycles. The molecule has 0 unspecified atom stereocenters. The number of aromatic nitrogens is 4. The average Bonchev–Trinajstić information content (AvgIpc) is 3.03. The highest BCUT2D eigenvalue weighted by Gasteiger charge is 2.11. The van der Waals surface area contributed by atoms with E-state index < -0.39 is 0 Å². The van der Waals surface area contributed by atoms with Crippen LogP contribution in [0.1, 0.15) is 44.3 Å². The van der Waals surface area contributed by atoms with E-state index in [1.54, 1.807) is 0 Å². The predicted molar refractivity (Wildman–Crippen MR) is 78.8 cm³/mol. The van der Waals surface area contributed by atoms with Crippen LogP contribution in [-0.2, 0) is 19.4 Å². The summed E-state index contributed by atoms with van der Waals surface area (Å²) >= 11 is 1.42. The lowest BCUT2D eigenvalue weighted by atomic mass is 10.2. The molecule has 0 fully saturated rings. The first-order chi connectivity index (χ1) is 9.28. The molecule has 0 aliphatic carbocycles. The Morgan fingerprint density at radius 3 is 2.79 bits per heavy atom. The van der Waals surface area contributed by atoms with Gasteiger partial charge in [0.15, 0.2) is 0 Å². The SMILES string of the molecule is CCCNc1snnc1Cn1nc(CC)cc1CC. The molecule has 2 heterocycles. The lowest BCUT2D eigenvalue weighted by Gasteiger charge is -2.06. The second-order valence-electron chi connectivity index (χ2n) is 4.47. The summed E-state index contributed by atoms with van der Waals surface area (Å²) in [6.45, 7) is 8.09. The largest absolute Gasteiger partial charge is 0.374 e. The highest BCUT2D eigenvalue weighted by atomic mass is 32.1. The van der Waals surface area contributed by atoms with Crippen molar-refractivity contribution in [2.75, 3.05) is 11.9 Å². The molecule has 2 rings (SSSR count). The van der Waals surface area contributed by atoms with Gasteiger partial charge in [-0.3, -0.25) is 4.68 Å². The standard InChI is InChI=1S/C13H21N5S/c1-4-7-14-13-12(15-17-19-13)9-18-11(6-3)8-10(5-2)16-18/h8,14H,4-7,9H2,1-3H3. The Morgan fingerprint density at radius 2 is 2.11 bits per heavy atom. The molecule has 0 amide bonds. The van der Waals surface area contributed by atoms with E-state index in [-0.39, 0.29) is 0 Å². The highest BCUT2D eigenvalue weighted by Crippen LogP contribution is 2.19. The first kappa shape index (κ1) is 14.0. The fraction of sp³-hybridized carbons (Fsp3) is 0.615. The number of hydrogen-bond donors (Lipinski definition) is 1. The molecular formula is C13H21N5S. The van der Waals surface area contributed by atoms with Crippen LogP contribution in [0.3, 0.4) is 0 Å². The van der Waals surface area contributed by atoms with Crippen LogP contribution in [-0.4, -0.2) is 25.9 Å². The van der Waals surface area contributed by atoms with Crippen LogP contribution in [0.5, 0.6) is 0 Å². The molecule has 0 aromatic carbocycles. The molecule has 0 spiro atoms. The minimum absolute atomic E-state index is 0.700. The summed E-state index contributed by atoms with van der Waals surface area (Å²) in [5.74, 6) is 0. The van der Waals surface area contributed by atoms with Crippen molar-refractivity contribution in [3.05, 3.63) is 23.1 Å². The summed E-state index contributed by atoms with van der Waals surface area (Å²) in [6.07, 6.45) is 3.05. The lowest BCUT2D eigenvalue weighted by Crippen LogP contribution is -2.09. The summed E-state index contributed by atoms with van der Waals surface area (Å²) in [5, 5.41) is 13.3. The maximum Gasteiger partial charge on any atom is 0.135 e. The van der Waals surface area contributed by atoms with E-state index >= 15 is 0 Å². The molecule has 0 aliphatic heterocycles. The normalized spacial score (nSPS) is 10.9. The van der Waals surface area contributed by atoms with Gasteiger partial charge in [-0.05, 0) is 25.3 Å². The van der Waals surface area contributed by atoms with Crippen LogP contribution in [0.15, 0.2) is 6.07 Å². The quantitative estimate of drug-likeness (QED) is 0.846. The molecule has 0 bridgehead atoms. The summed E-state index contributed by atoms with van der Waals surface area (Å²) in [4.78, 5) is 0. The maximum atomic E-state index is 4.62. The minimum atomic E-state index is 0.700. The Labute approximate surface area is 118 Å². The molecule has 6 heteroatoms. The van der Waals surface area contributed by atoms with Crippen LogP contribution in [0.2, 0.25) is 0 Å². The van der Waals surface area contributed by atoms with Gasteiger partial charge in [-0.1, -0.05) is 25.3 Å². The zero-order chi connectivity index (χ0) is 13.7. The van der Waals surface area contributed by atoms with Crippen molar-refractivity contribution in [2.45, 2.75) is 46.6 Å². The Balaban J connectivity index is 2.16. The van der Waals surface area contributed by atoms with Gasteiger partial charge in [-0.25, -0.2) is 0 Å². The smallest absolute Gasteiger partial charge is 0.135 e. The van der Waals surface area contributed by atoms with E-state index in [2.05, 4.69) is 46.8 Å². The Kier molecular flexibility index (Phi) is 4.90. The summed E-state index contributed by atoms with van der Waals surface area (Å²) < 4.78 is 6.09. The Hall–Kier alpha value is -1.43. The summed E-state index contributed by atoms with van der Waals surface area (Å²) in [5.41, 5.74) is 3.38. The van der Waals surface area contributed by atoms with Crippen molar-refractivity contribution in [2.24, 2.45) is 0 Å². The monoisotopic (exact) mass is 279 g/mol. The lowest BCUT2D eigenvalue weighted by molar-refractivity contribution is 0.629. The van der Waals surface area contributed by atoms with Crippen molar-refractivity contribution >= 4 is 16.5 Å². The fourth-order valence-electron chi connectivity index (χ4n) is 1.94. The molecule has 2 aromatic rings. The van der Waals surface area contributed by atoms with Crippen LogP contribution < -0.4 is 5.32 Å². The topological polar surface area (TPSA) is 55.6 Å². The van der Waals surface area contributed by atoms with Gasteiger partial charge in [0.1, 0.15) is 10.7 Å². The zero-order valence-electron chi connectivity index (χ0n) is 11.8. The van der Waals surface area contributed by atoms with Crippen molar-refractivity contribution in [1.29, 1.82) is 0 Å². The number of rotatable bonds is 7. The van der Waals surface area contributed by atoms with Gasteiger partial charge in [0, 0.05) is 23.8 Å². The number of nitrogens with zero attached hydrogens (tertiary/aromatic N) is 4. The fourth-order valence-corrected chi connectivity index (χ4v) is 2.53. The maximum absolute atomic E-state index is 4.62. The van der Waals surface area contributed by atoms with Gasteiger partial charge in [-0.15, -0.1) is 5.10 Å². The van der Waals surface area contributed by atoms with E-state index in [4.69, 9.17) is 0 Å². The first-order valence-corrected chi connectivity index (χ1v) is 7.66. The number of hydrogen-bond acceptors (Lipinski definition) is 5. The van der Waals surface area contributed by atoms with Gasteiger partial charge in [0.05, 0.1) is 12.2 Å². The second kappa shape index (κ2) is 6.65. The van der Waals surface area contributed by atoms with Gasteiger partial charge < -0.3 is 5.32 Å². The Morgan fingerprint density at radius 1 is 1.26 bits per heavy atom. The first-order valence-electron chi connectivity index (χ1n) is 6.89. The van der Waals surface area contributed by atoms with E-state index in [0.717, 1.165) is 42.2 Å². The molecule has 0 aliphatic rings. The van der Waals surface area contributed by atoms with E-state index in [9.17, 15) is 0 Å². The summed E-state index contributed by atoms with van der Waals surface area (Å²) in [7, 11) is 0. The second-order valence-corrected chi connectivity index (χ2v) is 5.22. The van der Waals surface area contributed by atoms with Crippen LogP contribution in [0.4, 0.5) is 5.00 Å². The zero-order valence-corrected chi connectivity index (χ0v) is 12.6. The highest BCUT2D eigenvalue weighted by molar-refractivity contribution is 7.10. The molecule has 2 aromatic heterocycles. The third kappa shape index (κ3) is 3.32. The number of anilines is 1. The number of aryl methyl sites for hydroxylation is 2. The molecule has 0 radical (unpaired) electrons. The van der Waals surface area contributed by atoms with Crippen molar-refractivity contribution in [3.8, 4) is 0 Å². The molecule has 104 valence electrons.